The van der Waals surface area contributed by atoms with Gasteiger partial charge in [0.25, 0.3) is 0 Å². The van der Waals surface area contributed by atoms with Crippen LogP contribution in [0.25, 0.3) is 0 Å². The van der Waals surface area contributed by atoms with E-state index in [1.807, 2.05) is 6.08 Å². The maximum atomic E-state index is 11.0. The third-order valence-electron chi connectivity index (χ3n) is 2.97. The Hall–Kier alpha value is -0.830. The number of rotatable bonds is 8. The second-order valence-corrected chi connectivity index (χ2v) is 4.14. The lowest BCUT2D eigenvalue weighted by molar-refractivity contribution is -0.114. The second-order valence-electron chi connectivity index (χ2n) is 4.14. The molecule has 0 bridgehead atoms. The molecule has 0 spiro atoms. The van der Waals surface area contributed by atoms with Gasteiger partial charge >= 0.3 is 0 Å². The molecule has 0 aliphatic rings. The van der Waals surface area contributed by atoms with Gasteiger partial charge in [0.2, 0.25) is 5.91 Å². The number of hydrogen-bond acceptors (Lipinski definition) is 2. The SMILES string of the molecule is CCCCC(C=C(C)C(N)=O)N(CC)CC. The molecule has 0 aliphatic heterocycles. The molecule has 1 amide bonds. The van der Waals surface area contributed by atoms with E-state index in [-0.39, 0.29) is 5.91 Å². The summed E-state index contributed by atoms with van der Waals surface area (Å²) in [6.07, 6.45) is 5.48. The van der Waals surface area contributed by atoms with Gasteiger partial charge in [0.15, 0.2) is 0 Å². The summed E-state index contributed by atoms with van der Waals surface area (Å²) < 4.78 is 0. The Labute approximate surface area is 99.7 Å². The third kappa shape index (κ3) is 5.31. The molecule has 3 heteroatoms. The van der Waals surface area contributed by atoms with Crippen LogP contribution in [0.2, 0.25) is 0 Å². The van der Waals surface area contributed by atoms with Crippen LogP contribution in [-0.2, 0) is 4.79 Å². The van der Waals surface area contributed by atoms with Gasteiger partial charge in [-0.2, -0.15) is 0 Å². The molecule has 0 aromatic rings. The van der Waals surface area contributed by atoms with Crippen molar-refractivity contribution in [3.8, 4) is 0 Å². The summed E-state index contributed by atoms with van der Waals surface area (Å²) in [5.41, 5.74) is 5.94. The van der Waals surface area contributed by atoms with E-state index in [2.05, 4.69) is 25.7 Å². The van der Waals surface area contributed by atoms with Crippen LogP contribution >= 0.6 is 0 Å². The molecule has 0 fully saturated rings. The molecule has 0 rings (SSSR count). The monoisotopic (exact) mass is 226 g/mol. The van der Waals surface area contributed by atoms with Crippen LogP contribution in [0.4, 0.5) is 0 Å². The van der Waals surface area contributed by atoms with Gasteiger partial charge in [0.1, 0.15) is 0 Å². The molecular weight excluding hydrogens is 200 g/mol. The predicted molar refractivity (Wildman–Crippen MR) is 69.2 cm³/mol. The highest BCUT2D eigenvalue weighted by Crippen LogP contribution is 2.12. The van der Waals surface area contributed by atoms with Crippen molar-refractivity contribution in [3.63, 3.8) is 0 Å². The molecule has 0 saturated carbocycles. The lowest BCUT2D eigenvalue weighted by Gasteiger charge is -2.27. The van der Waals surface area contributed by atoms with Crippen molar-refractivity contribution < 1.29 is 4.79 Å². The summed E-state index contributed by atoms with van der Waals surface area (Å²) >= 11 is 0. The van der Waals surface area contributed by atoms with E-state index < -0.39 is 0 Å². The minimum absolute atomic E-state index is 0.311. The quantitative estimate of drug-likeness (QED) is 0.646. The topological polar surface area (TPSA) is 46.3 Å². The summed E-state index contributed by atoms with van der Waals surface area (Å²) in [6, 6.07) is 0.349. The van der Waals surface area contributed by atoms with E-state index in [0.29, 0.717) is 11.6 Å². The molecule has 16 heavy (non-hydrogen) atoms. The minimum atomic E-state index is -0.311. The highest BCUT2D eigenvalue weighted by Gasteiger charge is 2.13. The average molecular weight is 226 g/mol. The molecule has 1 atom stereocenters. The van der Waals surface area contributed by atoms with Crippen molar-refractivity contribution in [2.75, 3.05) is 13.1 Å². The first-order valence-corrected chi connectivity index (χ1v) is 6.29. The molecule has 1 unspecified atom stereocenters. The predicted octanol–water partition coefficient (Wildman–Crippen LogP) is 2.32. The Morgan fingerprint density at radius 2 is 1.88 bits per heavy atom. The number of primary amides is 1. The Morgan fingerprint density at radius 3 is 2.25 bits per heavy atom. The van der Waals surface area contributed by atoms with Crippen molar-refractivity contribution in [2.45, 2.75) is 53.0 Å². The third-order valence-corrected chi connectivity index (χ3v) is 2.97. The van der Waals surface area contributed by atoms with Crippen molar-refractivity contribution in [1.29, 1.82) is 0 Å². The van der Waals surface area contributed by atoms with Gasteiger partial charge < -0.3 is 5.73 Å². The summed E-state index contributed by atoms with van der Waals surface area (Å²) in [5, 5.41) is 0. The molecule has 0 radical (unpaired) electrons. The van der Waals surface area contributed by atoms with Gasteiger partial charge in [-0.3, -0.25) is 9.69 Å². The second kappa shape index (κ2) is 8.34. The van der Waals surface area contributed by atoms with E-state index in [9.17, 15) is 4.79 Å². The van der Waals surface area contributed by atoms with Gasteiger partial charge in [0.05, 0.1) is 0 Å². The summed E-state index contributed by atoms with van der Waals surface area (Å²) in [6.45, 7) is 10.3. The Balaban J connectivity index is 4.64. The van der Waals surface area contributed by atoms with E-state index >= 15 is 0 Å². The van der Waals surface area contributed by atoms with Crippen LogP contribution < -0.4 is 5.73 Å². The lowest BCUT2D eigenvalue weighted by atomic mass is 10.0. The molecule has 0 aromatic carbocycles. The lowest BCUT2D eigenvalue weighted by Crippen LogP contribution is -2.34. The van der Waals surface area contributed by atoms with E-state index in [1.165, 1.54) is 12.8 Å². The number of carbonyl (C=O) groups excluding carboxylic acids is 1. The Morgan fingerprint density at radius 1 is 1.31 bits per heavy atom. The molecule has 3 nitrogen and oxygen atoms in total. The normalized spacial score (nSPS) is 14.2. The van der Waals surface area contributed by atoms with Crippen LogP contribution in [0.15, 0.2) is 11.6 Å². The fourth-order valence-electron chi connectivity index (χ4n) is 1.85. The fourth-order valence-corrected chi connectivity index (χ4v) is 1.85. The van der Waals surface area contributed by atoms with Gasteiger partial charge in [0, 0.05) is 11.6 Å². The van der Waals surface area contributed by atoms with Crippen molar-refractivity contribution in [3.05, 3.63) is 11.6 Å². The van der Waals surface area contributed by atoms with Gasteiger partial charge in [-0.15, -0.1) is 0 Å². The molecule has 0 heterocycles. The number of likely N-dealkylation sites (N-methyl/N-ethyl adjacent to an activating group) is 1. The Kier molecular flexibility index (Phi) is 7.90. The first-order valence-electron chi connectivity index (χ1n) is 6.29. The number of unbranched alkanes of at least 4 members (excludes halogenated alkanes) is 1. The zero-order valence-corrected chi connectivity index (χ0v) is 11.1. The number of nitrogens with zero attached hydrogens (tertiary/aromatic N) is 1. The maximum Gasteiger partial charge on any atom is 0.244 e. The molecule has 0 saturated heterocycles. The summed E-state index contributed by atoms with van der Waals surface area (Å²) in [5.74, 6) is -0.311. The molecule has 2 N–H and O–H groups in total. The Bertz CT molecular complexity index is 232. The molecule has 94 valence electrons. The first kappa shape index (κ1) is 15.2. The zero-order chi connectivity index (χ0) is 12.6. The number of carbonyl (C=O) groups is 1. The standard InChI is InChI=1S/C13H26N2O/c1-5-8-9-12(15(6-2)7-3)10-11(4)13(14)16/h10,12H,5-9H2,1-4H3,(H2,14,16). The van der Waals surface area contributed by atoms with Crippen molar-refractivity contribution >= 4 is 5.91 Å². The zero-order valence-electron chi connectivity index (χ0n) is 11.1. The fraction of sp³-hybridized carbons (Fsp3) is 0.769. The largest absolute Gasteiger partial charge is 0.366 e. The van der Waals surface area contributed by atoms with E-state index in [0.717, 1.165) is 19.5 Å². The van der Waals surface area contributed by atoms with Crippen LogP contribution in [0.5, 0.6) is 0 Å². The highest BCUT2D eigenvalue weighted by atomic mass is 16.1. The maximum absolute atomic E-state index is 11.0. The average Bonchev–Trinajstić information content (AvgIpc) is 2.26. The van der Waals surface area contributed by atoms with Gasteiger partial charge in [-0.25, -0.2) is 0 Å². The smallest absolute Gasteiger partial charge is 0.244 e. The van der Waals surface area contributed by atoms with Crippen LogP contribution in [0.3, 0.4) is 0 Å². The number of nitrogens with two attached hydrogens (primary N) is 1. The van der Waals surface area contributed by atoms with Crippen LogP contribution in [0.1, 0.15) is 47.0 Å². The van der Waals surface area contributed by atoms with Crippen LogP contribution in [-0.4, -0.2) is 29.9 Å². The highest BCUT2D eigenvalue weighted by molar-refractivity contribution is 5.91. The summed E-state index contributed by atoms with van der Waals surface area (Å²) in [7, 11) is 0. The minimum Gasteiger partial charge on any atom is -0.366 e. The number of amides is 1. The summed E-state index contributed by atoms with van der Waals surface area (Å²) in [4.78, 5) is 13.4. The van der Waals surface area contributed by atoms with Gasteiger partial charge in [-0.05, 0) is 26.4 Å². The molecule has 0 aliphatic carbocycles. The van der Waals surface area contributed by atoms with Gasteiger partial charge in [-0.1, -0.05) is 39.7 Å². The van der Waals surface area contributed by atoms with Crippen LogP contribution in [0, 0.1) is 0 Å². The first-order chi connectivity index (χ1) is 7.56. The van der Waals surface area contributed by atoms with Crippen molar-refractivity contribution in [1.82, 2.24) is 4.90 Å². The molecule has 0 aromatic heterocycles. The molecular formula is C13H26N2O. The van der Waals surface area contributed by atoms with Crippen molar-refractivity contribution in [2.24, 2.45) is 5.73 Å². The van der Waals surface area contributed by atoms with E-state index in [1.54, 1.807) is 6.92 Å². The number of hydrogen-bond donors (Lipinski definition) is 1. The van der Waals surface area contributed by atoms with E-state index in [4.69, 9.17) is 5.73 Å².